The monoisotopic (exact) mass is 274 g/mol. The molecule has 6 nitrogen and oxygen atoms in total. The third-order valence-corrected chi connectivity index (χ3v) is 2.69. The van der Waals surface area contributed by atoms with Gasteiger partial charge in [-0.1, -0.05) is 12.1 Å². The van der Waals surface area contributed by atoms with Crippen molar-refractivity contribution in [3.63, 3.8) is 0 Å². The van der Waals surface area contributed by atoms with Crippen molar-refractivity contribution in [2.45, 2.75) is 13.8 Å². The van der Waals surface area contributed by atoms with Crippen molar-refractivity contribution in [3.05, 3.63) is 29.3 Å². The third-order valence-electron chi connectivity index (χ3n) is 2.69. The van der Waals surface area contributed by atoms with Gasteiger partial charge in [-0.25, -0.2) is 4.79 Å². The zero-order valence-corrected chi connectivity index (χ0v) is 11.1. The van der Waals surface area contributed by atoms with Crippen LogP contribution in [-0.4, -0.2) is 29.2 Å². The van der Waals surface area contributed by atoms with Crippen molar-refractivity contribution in [1.82, 2.24) is 0 Å². The van der Waals surface area contributed by atoms with Crippen LogP contribution in [0.15, 0.2) is 18.2 Å². The van der Waals surface area contributed by atoms with Gasteiger partial charge < -0.3 is 15.3 Å². The third kappa shape index (κ3) is 3.42. The van der Waals surface area contributed by atoms with Crippen molar-refractivity contribution < 1.29 is 19.4 Å². The van der Waals surface area contributed by atoms with Gasteiger partial charge >= 0.3 is 5.97 Å². The van der Waals surface area contributed by atoms with E-state index in [1.54, 1.807) is 25.1 Å². The Labute approximate surface area is 116 Å². The fourth-order valence-electron chi connectivity index (χ4n) is 1.53. The summed E-state index contributed by atoms with van der Waals surface area (Å²) in [4.78, 5) is 23.3. The standard InChI is InChI=1S/C14H14N2O4/c1-8-4-3-5-10(13(8)18)14(19)20-7-12(17)11(6-15)9(2)16/h3-5,11,16,18H,7H2,1-2H3. The van der Waals surface area contributed by atoms with Gasteiger partial charge in [0.25, 0.3) is 0 Å². The van der Waals surface area contributed by atoms with Gasteiger partial charge in [-0.2, -0.15) is 5.26 Å². The van der Waals surface area contributed by atoms with Gasteiger partial charge in [0.15, 0.2) is 12.4 Å². The maximum atomic E-state index is 11.7. The first-order chi connectivity index (χ1) is 9.38. The quantitative estimate of drug-likeness (QED) is 0.625. The van der Waals surface area contributed by atoms with E-state index in [9.17, 15) is 14.7 Å². The number of carbonyl (C=O) groups is 2. The average Bonchev–Trinajstić information content (AvgIpc) is 2.39. The Morgan fingerprint density at radius 3 is 2.70 bits per heavy atom. The molecule has 0 saturated carbocycles. The van der Waals surface area contributed by atoms with Crippen LogP contribution < -0.4 is 0 Å². The zero-order chi connectivity index (χ0) is 15.3. The number of hydrogen-bond acceptors (Lipinski definition) is 6. The van der Waals surface area contributed by atoms with Crippen LogP contribution in [0.3, 0.4) is 0 Å². The second-order valence-corrected chi connectivity index (χ2v) is 4.26. The molecule has 104 valence electrons. The van der Waals surface area contributed by atoms with Gasteiger partial charge in [0, 0.05) is 5.71 Å². The zero-order valence-electron chi connectivity index (χ0n) is 11.1. The summed E-state index contributed by atoms with van der Waals surface area (Å²) in [7, 11) is 0. The molecule has 0 amide bonds. The molecule has 1 aromatic rings. The van der Waals surface area contributed by atoms with E-state index in [0.29, 0.717) is 5.56 Å². The number of aromatic hydroxyl groups is 1. The van der Waals surface area contributed by atoms with E-state index in [-0.39, 0.29) is 17.0 Å². The predicted molar refractivity (Wildman–Crippen MR) is 70.6 cm³/mol. The Bertz CT molecular complexity index is 602. The minimum absolute atomic E-state index is 0.0436. The maximum absolute atomic E-state index is 11.7. The minimum Gasteiger partial charge on any atom is -0.507 e. The van der Waals surface area contributed by atoms with Gasteiger partial charge in [0.2, 0.25) is 0 Å². The van der Waals surface area contributed by atoms with Gasteiger partial charge in [0.05, 0.1) is 6.07 Å². The Balaban J connectivity index is 2.74. The largest absolute Gasteiger partial charge is 0.507 e. The van der Waals surface area contributed by atoms with Crippen LogP contribution in [0.5, 0.6) is 5.75 Å². The van der Waals surface area contributed by atoms with Crippen LogP contribution in [0.2, 0.25) is 0 Å². The number of para-hydroxylation sites is 1. The van der Waals surface area contributed by atoms with Gasteiger partial charge in [0.1, 0.15) is 17.2 Å². The van der Waals surface area contributed by atoms with E-state index < -0.39 is 24.3 Å². The molecule has 0 aliphatic heterocycles. The lowest BCUT2D eigenvalue weighted by Gasteiger charge is -2.09. The maximum Gasteiger partial charge on any atom is 0.342 e. The number of ether oxygens (including phenoxy) is 1. The molecule has 1 unspecified atom stereocenters. The molecule has 0 aliphatic carbocycles. The summed E-state index contributed by atoms with van der Waals surface area (Å²) in [6, 6.07) is 6.25. The summed E-state index contributed by atoms with van der Waals surface area (Å²) in [5.41, 5.74) is 0.362. The second kappa shape index (κ2) is 6.48. The molecule has 0 spiro atoms. The Kier molecular flexibility index (Phi) is 4.98. The Hall–Kier alpha value is -2.68. The Morgan fingerprint density at radius 1 is 1.50 bits per heavy atom. The number of nitrogens with one attached hydrogen (secondary N) is 1. The second-order valence-electron chi connectivity index (χ2n) is 4.26. The highest BCUT2D eigenvalue weighted by molar-refractivity contribution is 6.06. The Morgan fingerprint density at radius 2 is 2.15 bits per heavy atom. The van der Waals surface area contributed by atoms with Crippen LogP contribution in [0.25, 0.3) is 0 Å². The van der Waals surface area contributed by atoms with Crippen LogP contribution >= 0.6 is 0 Å². The number of Topliss-reactive ketones (excluding diaryl/α,β-unsaturated/α-hetero) is 1. The SMILES string of the molecule is CC(=N)C(C#N)C(=O)COC(=O)c1cccc(C)c1O. The lowest BCUT2D eigenvalue weighted by molar-refractivity contribution is -0.122. The summed E-state index contributed by atoms with van der Waals surface area (Å²) in [5, 5.41) is 25.7. The first kappa shape index (κ1) is 15.4. The summed E-state index contributed by atoms with van der Waals surface area (Å²) in [6.45, 7) is 2.35. The van der Waals surface area contributed by atoms with Crippen molar-refractivity contribution >= 4 is 17.5 Å². The number of esters is 1. The summed E-state index contributed by atoms with van der Waals surface area (Å²) in [5.74, 6) is -2.93. The highest BCUT2D eigenvalue weighted by Crippen LogP contribution is 2.22. The van der Waals surface area contributed by atoms with Crippen LogP contribution in [0.1, 0.15) is 22.8 Å². The van der Waals surface area contributed by atoms with E-state index in [1.165, 1.54) is 13.0 Å². The number of benzene rings is 1. The predicted octanol–water partition coefficient (Wildman–Crippen LogP) is 1.61. The molecule has 6 heteroatoms. The molecule has 0 fully saturated rings. The average molecular weight is 274 g/mol. The summed E-state index contributed by atoms with van der Waals surface area (Å²) < 4.78 is 4.76. The number of nitriles is 1. The molecule has 0 aromatic heterocycles. The molecule has 1 aromatic carbocycles. The van der Waals surface area contributed by atoms with E-state index in [4.69, 9.17) is 15.4 Å². The number of ketones is 1. The molecular weight excluding hydrogens is 260 g/mol. The summed E-state index contributed by atoms with van der Waals surface area (Å²) in [6.07, 6.45) is 0. The number of aryl methyl sites for hydroxylation is 1. The van der Waals surface area contributed by atoms with E-state index in [2.05, 4.69) is 0 Å². The fourth-order valence-corrected chi connectivity index (χ4v) is 1.53. The topological polar surface area (TPSA) is 111 Å². The molecule has 1 rings (SSSR count). The van der Waals surface area contributed by atoms with Gasteiger partial charge in [-0.15, -0.1) is 0 Å². The van der Waals surface area contributed by atoms with E-state index >= 15 is 0 Å². The first-order valence-corrected chi connectivity index (χ1v) is 5.81. The van der Waals surface area contributed by atoms with Crippen molar-refractivity contribution in [3.8, 4) is 11.8 Å². The molecule has 0 aliphatic rings. The lowest BCUT2D eigenvalue weighted by Crippen LogP contribution is -2.25. The highest BCUT2D eigenvalue weighted by atomic mass is 16.5. The normalized spacial score (nSPS) is 11.2. The molecule has 0 radical (unpaired) electrons. The number of phenolic OH excluding ortho intramolecular Hbond substituents is 1. The number of hydrogen-bond donors (Lipinski definition) is 2. The van der Waals surface area contributed by atoms with Gasteiger partial charge in [-0.05, 0) is 25.5 Å². The number of phenols is 1. The molecule has 20 heavy (non-hydrogen) atoms. The molecule has 0 saturated heterocycles. The number of rotatable bonds is 5. The minimum atomic E-state index is -1.21. The van der Waals surface area contributed by atoms with Crippen molar-refractivity contribution in [2.75, 3.05) is 6.61 Å². The smallest absolute Gasteiger partial charge is 0.342 e. The highest BCUT2D eigenvalue weighted by Gasteiger charge is 2.22. The molecule has 1 atom stereocenters. The van der Waals surface area contributed by atoms with E-state index in [0.717, 1.165) is 0 Å². The van der Waals surface area contributed by atoms with Crippen molar-refractivity contribution in [1.29, 1.82) is 10.7 Å². The van der Waals surface area contributed by atoms with Crippen LogP contribution in [0, 0.1) is 29.6 Å². The molecule has 0 heterocycles. The van der Waals surface area contributed by atoms with Crippen molar-refractivity contribution in [2.24, 2.45) is 5.92 Å². The number of carbonyl (C=O) groups excluding carboxylic acids is 2. The van der Waals surface area contributed by atoms with Crippen LogP contribution in [-0.2, 0) is 9.53 Å². The fraction of sp³-hybridized carbons (Fsp3) is 0.286. The van der Waals surface area contributed by atoms with Gasteiger partial charge in [-0.3, -0.25) is 4.79 Å². The van der Waals surface area contributed by atoms with E-state index in [1.807, 2.05) is 0 Å². The molecule has 0 bridgehead atoms. The summed E-state index contributed by atoms with van der Waals surface area (Å²) >= 11 is 0. The first-order valence-electron chi connectivity index (χ1n) is 5.81. The lowest BCUT2D eigenvalue weighted by atomic mass is 10.0. The molecule has 2 N–H and O–H groups in total. The van der Waals surface area contributed by atoms with Crippen LogP contribution in [0.4, 0.5) is 0 Å². The molecular formula is C14H14N2O4. The number of nitrogens with zero attached hydrogens (tertiary/aromatic N) is 1.